The van der Waals surface area contributed by atoms with Crippen LogP contribution in [0.2, 0.25) is 0 Å². The average Bonchev–Trinajstić information content (AvgIpc) is 2.66. The molecule has 0 aliphatic carbocycles. The summed E-state index contributed by atoms with van der Waals surface area (Å²) in [6.07, 6.45) is 3.10. The first-order valence-electron chi connectivity index (χ1n) is 11.4. The number of aliphatic hydroxyl groups is 4. The Balaban J connectivity index is -0.0000000873. The molecule has 0 aromatic carbocycles. The van der Waals surface area contributed by atoms with E-state index in [4.69, 9.17) is 20.4 Å². The number of hydrogen-bond donors (Lipinski definition) is 4. The van der Waals surface area contributed by atoms with Crippen LogP contribution in [0.15, 0.2) is 0 Å². The van der Waals surface area contributed by atoms with Gasteiger partial charge in [0.1, 0.15) is 0 Å². The van der Waals surface area contributed by atoms with Gasteiger partial charge in [-0.15, -0.1) is 0 Å². The molecule has 180 valence electrons. The quantitative estimate of drug-likeness (QED) is 0.356. The summed E-state index contributed by atoms with van der Waals surface area (Å²) in [5.41, 5.74) is 0. The zero-order chi connectivity index (χ0) is 23.4. The zero-order valence-electron chi connectivity index (χ0n) is 21.7. The van der Waals surface area contributed by atoms with E-state index >= 15 is 0 Å². The molecule has 4 atom stereocenters. The summed E-state index contributed by atoms with van der Waals surface area (Å²) < 4.78 is 0. The molecule has 0 saturated heterocycles. The maximum Gasteiger partial charge on any atom is 0.0560 e. The van der Waals surface area contributed by atoms with Crippen molar-refractivity contribution < 1.29 is 42.1 Å². The number of aliphatic hydroxyl groups excluding tert-OH is 4. The average molecular weight is 457 g/mol. The van der Waals surface area contributed by atoms with Gasteiger partial charge in [0.05, 0.1) is 24.4 Å². The Morgan fingerprint density at radius 3 is 0.483 bits per heavy atom. The third-order valence-electron chi connectivity index (χ3n) is 4.75. The maximum atomic E-state index is 8.94. The standard InChI is InChI=1S/4C6H14O.Ti/c4*1-4-6(7)5(2)3;/h4*5-7H,4H2,1-3H3;. The third kappa shape index (κ3) is 33.4. The van der Waals surface area contributed by atoms with Crippen molar-refractivity contribution in [2.24, 2.45) is 23.7 Å². The van der Waals surface area contributed by atoms with Crippen molar-refractivity contribution in [3.05, 3.63) is 0 Å². The summed E-state index contributed by atoms with van der Waals surface area (Å²) in [7, 11) is 0. The van der Waals surface area contributed by atoms with Gasteiger partial charge in [0.25, 0.3) is 0 Å². The predicted molar refractivity (Wildman–Crippen MR) is 125 cm³/mol. The largest absolute Gasteiger partial charge is 0.393 e. The molecule has 0 aromatic heterocycles. The first-order chi connectivity index (χ1) is 12.7. The van der Waals surface area contributed by atoms with Crippen molar-refractivity contribution >= 4 is 0 Å². The van der Waals surface area contributed by atoms with Crippen molar-refractivity contribution in [1.29, 1.82) is 0 Å². The molecule has 0 aliphatic heterocycles. The molecule has 4 unspecified atom stereocenters. The van der Waals surface area contributed by atoms with Crippen LogP contribution >= 0.6 is 0 Å². The van der Waals surface area contributed by atoms with E-state index in [1.807, 2.05) is 83.1 Å². The maximum absolute atomic E-state index is 8.94. The molecule has 0 spiro atoms. The van der Waals surface area contributed by atoms with Crippen LogP contribution in [-0.2, 0) is 21.7 Å². The minimum absolute atomic E-state index is 0. The summed E-state index contributed by atoms with van der Waals surface area (Å²) in [5, 5.41) is 35.7. The van der Waals surface area contributed by atoms with Crippen molar-refractivity contribution in [1.82, 2.24) is 0 Å². The minimum Gasteiger partial charge on any atom is -0.393 e. The van der Waals surface area contributed by atoms with Gasteiger partial charge in [0.2, 0.25) is 0 Å². The Labute approximate surface area is 198 Å². The second-order valence-corrected chi connectivity index (χ2v) is 8.88. The first-order valence-corrected chi connectivity index (χ1v) is 11.4. The molecular formula is C24H56O4Ti. The second kappa shape index (κ2) is 26.6. The van der Waals surface area contributed by atoms with E-state index < -0.39 is 0 Å². The number of rotatable bonds is 8. The summed E-state index contributed by atoms with van der Waals surface area (Å²) in [6, 6.07) is 0. The Morgan fingerprint density at radius 1 is 0.379 bits per heavy atom. The molecule has 0 aliphatic rings. The fraction of sp³-hybridized carbons (Fsp3) is 1.00. The fourth-order valence-corrected chi connectivity index (χ4v) is 1.89. The van der Waals surface area contributed by atoms with Gasteiger partial charge in [-0.3, -0.25) is 0 Å². The molecule has 0 radical (unpaired) electrons. The monoisotopic (exact) mass is 456 g/mol. The Hall–Kier alpha value is 0.554. The normalized spacial score (nSPS) is 14.5. The van der Waals surface area contributed by atoms with Gasteiger partial charge in [0.15, 0.2) is 0 Å². The third-order valence-corrected chi connectivity index (χ3v) is 4.75. The van der Waals surface area contributed by atoms with Crippen LogP contribution < -0.4 is 0 Å². The molecule has 4 N–H and O–H groups in total. The summed E-state index contributed by atoms with van der Waals surface area (Å²) >= 11 is 0. The van der Waals surface area contributed by atoms with Gasteiger partial charge < -0.3 is 20.4 Å². The van der Waals surface area contributed by atoms with Gasteiger partial charge in [-0.25, -0.2) is 0 Å². The molecule has 29 heavy (non-hydrogen) atoms. The van der Waals surface area contributed by atoms with E-state index in [9.17, 15) is 0 Å². The minimum atomic E-state index is -0.0972. The van der Waals surface area contributed by atoms with Crippen LogP contribution in [0.3, 0.4) is 0 Å². The van der Waals surface area contributed by atoms with Crippen LogP contribution in [0.4, 0.5) is 0 Å². The van der Waals surface area contributed by atoms with Gasteiger partial charge in [-0.1, -0.05) is 83.1 Å². The molecular weight excluding hydrogens is 400 g/mol. The van der Waals surface area contributed by atoms with Crippen molar-refractivity contribution in [2.75, 3.05) is 0 Å². The Kier molecular flexibility index (Phi) is 36.6. The molecule has 0 bridgehead atoms. The van der Waals surface area contributed by atoms with Crippen molar-refractivity contribution in [3.8, 4) is 0 Å². The van der Waals surface area contributed by atoms with Crippen LogP contribution in [0.25, 0.3) is 0 Å². The van der Waals surface area contributed by atoms with E-state index in [1.165, 1.54) is 0 Å². The van der Waals surface area contributed by atoms with Gasteiger partial charge in [0, 0.05) is 21.7 Å². The van der Waals surface area contributed by atoms with E-state index in [0.29, 0.717) is 23.7 Å². The molecule has 5 heteroatoms. The Morgan fingerprint density at radius 2 is 0.483 bits per heavy atom. The van der Waals surface area contributed by atoms with Crippen molar-refractivity contribution in [2.45, 2.75) is 133 Å². The first kappa shape index (κ1) is 40.0. The molecule has 4 nitrogen and oxygen atoms in total. The van der Waals surface area contributed by atoms with Crippen LogP contribution in [0, 0.1) is 23.7 Å². The van der Waals surface area contributed by atoms with Crippen LogP contribution in [0.5, 0.6) is 0 Å². The predicted octanol–water partition coefficient (Wildman–Crippen LogP) is 5.65. The molecule has 0 rings (SSSR count). The summed E-state index contributed by atoms with van der Waals surface area (Å²) in [6.45, 7) is 24.1. The van der Waals surface area contributed by atoms with Gasteiger partial charge >= 0.3 is 0 Å². The molecule has 0 amide bonds. The van der Waals surface area contributed by atoms with Crippen molar-refractivity contribution in [3.63, 3.8) is 0 Å². The van der Waals surface area contributed by atoms with Crippen LogP contribution in [0.1, 0.15) is 109 Å². The topological polar surface area (TPSA) is 80.9 Å². The Bertz CT molecular complexity index is 228. The smallest absolute Gasteiger partial charge is 0.0560 e. The molecule has 0 aromatic rings. The summed E-state index contributed by atoms with van der Waals surface area (Å²) in [5.74, 6) is 1.69. The second-order valence-electron chi connectivity index (χ2n) is 8.88. The SMILES string of the molecule is CCC(O)C(C)C.CCC(O)C(C)C.CCC(O)C(C)C.CCC(O)C(C)C.[Ti]. The molecule has 0 saturated carbocycles. The number of hydrogen-bond acceptors (Lipinski definition) is 4. The van der Waals surface area contributed by atoms with Gasteiger partial charge in [-0.05, 0) is 49.4 Å². The van der Waals surface area contributed by atoms with E-state index in [0.717, 1.165) is 25.7 Å². The van der Waals surface area contributed by atoms with E-state index in [1.54, 1.807) is 0 Å². The summed E-state index contributed by atoms with van der Waals surface area (Å²) in [4.78, 5) is 0. The van der Waals surface area contributed by atoms with Gasteiger partial charge in [-0.2, -0.15) is 0 Å². The fourth-order valence-electron chi connectivity index (χ4n) is 1.89. The molecule has 0 fully saturated rings. The zero-order valence-corrected chi connectivity index (χ0v) is 23.3. The van der Waals surface area contributed by atoms with E-state index in [-0.39, 0.29) is 46.1 Å². The molecule has 0 heterocycles. The van der Waals surface area contributed by atoms with Crippen LogP contribution in [-0.4, -0.2) is 44.8 Å². The van der Waals surface area contributed by atoms with E-state index in [2.05, 4.69) is 0 Å².